The average Bonchev–Trinajstić information content (AvgIpc) is 2.68. The molecule has 0 radical (unpaired) electrons. The first-order valence-corrected chi connectivity index (χ1v) is 10.8. The lowest BCUT2D eigenvalue weighted by Gasteiger charge is -2.19. The maximum Gasteiger partial charge on any atom is 0.255 e. The molecule has 0 heterocycles. The van der Waals surface area contributed by atoms with Crippen LogP contribution >= 0.6 is 11.6 Å². The smallest absolute Gasteiger partial charge is 0.255 e. The zero-order chi connectivity index (χ0) is 20.9. The van der Waals surface area contributed by atoms with E-state index in [0.717, 1.165) is 5.56 Å². The summed E-state index contributed by atoms with van der Waals surface area (Å²) in [7, 11) is -2.02. The number of methoxy groups -OCH3 is 1. The molecule has 6 nitrogen and oxygen atoms in total. The summed E-state index contributed by atoms with van der Waals surface area (Å²) in [4.78, 5) is 12.8. The number of benzene rings is 2. The third-order valence-electron chi connectivity index (χ3n) is 4.48. The molecule has 2 aromatic rings. The minimum absolute atomic E-state index is 0.231. The van der Waals surface area contributed by atoms with Crippen LogP contribution in [0.15, 0.2) is 47.4 Å². The number of amides is 1. The van der Waals surface area contributed by atoms with Crippen molar-refractivity contribution in [3.05, 3.63) is 58.6 Å². The Hall–Kier alpha value is -2.09. The van der Waals surface area contributed by atoms with Crippen molar-refractivity contribution in [2.45, 2.75) is 31.7 Å². The number of hydrogen-bond donors (Lipinski definition) is 1. The van der Waals surface area contributed by atoms with E-state index >= 15 is 0 Å². The molecule has 0 aliphatic heterocycles. The molecule has 0 aliphatic carbocycles. The van der Waals surface area contributed by atoms with Crippen molar-refractivity contribution in [2.24, 2.45) is 0 Å². The van der Waals surface area contributed by atoms with E-state index in [1.165, 1.54) is 11.4 Å². The Labute approximate surface area is 171 Å². The van der Waals surface area contributed by atoms with Crippen LogP contribution in [0, 0.1) is 0 Å². The zero-order valence-corrected chi connectivity index (χ0v) is 18.0. The minimum Gasteiger partial charge on any atom is -0.496 e. The lowest BCUT2D eigenvalue weighted by molar-refractivity contribution is 0.0937. The van der Waals surface area contributed by atoms with Gasteiger partial charge in [0.15, 0.2) is 0 Å². The number of nitrogens with one attached hydrogen (secondary N) is 1. The second kappa shape index (κ2) is 9.41. The van der Waals surface area contributed by atoms with E-state index in [0.29, 0.717) is 29.4 Å². The molecule has 0 saturated heterocycles. The Kier molecular flexibility index (Phi) is 7.46. The number of nitrogens with zero attached hydrogens (tertiary/aromatic N) is 1. The van der Waals surface area contributed by atoms with E-state index in [-0.39, 0.29) is 16.8 Å². The maximum absolute atomic E-state index is 12.6. The summed E-state index contributed by atoms with van der Waals surface area (Å²) in [6.07, 6.45) is 0. The van der Waals surface area contributed by atoms with Crippen LogP contribution in [0.1, 0.15) is 42.7 Å². The molecule has 1 amide bonds. The Morgan fingerprint density at radius 1 is 1.14 bits per heavy atom. The van der Waals surface area contributed by atoms with Gasteiger partial charge in [0.25, 0.3) is 5.91 Å². The molecular weight excluding hydrogens is 400 g/mol. The van der Waals surface area contributed by atoms with E-state index < -0.39 is 10.0 Å². The van der Waals surface area contributed by atoms with Crippen LogP contribution in [-0.4, -0.2) is 38.8 Å². The highest BCUT2D eigenvalue weighted by Crippen LogP contribution is 2.24. The lowest BCUT2D eigenvalue weighted by Crippen LogP contribution is -2.30. The second-order valence-electron chi connectivity index (χ2n) is 6.20. The van der Waals surface area contributed by atoms with Gasteiger partial charge in [-0.15, -0.1) is 0 Å². The lowest BCUT2D eigenvalue weighted by atomic mass is 10.1. The normalized spacial score (nSPS) is 12.6. The number of carbonyl (C=O) groups excluding carboxylic acids is 1. The molecule has 0 saturated carbocycles. The van der Waals surface area contributed by atoms with Crippen molar-refractivity contribution >= 4 is 27.5 Å². The van der Waals surface area contributed by atoms with Gasteiger partial charge in [0, 0.05) is 18.1 Å². The van der Waals surface area contributed by atoms with Crippen LogP contribution in [0.2, 0.25) is 5.02 Å². The largest absolute Gasteiger partial charge is 0.496 e. The van der Waals surface area contributed by atoms with Crippen LogP contribution in [0.3, 0.4) is 0 Å². The first-order valence-electron chi connectivity index (χ1n) is 8.99. The van der Waals surface area contributed by atoms with Crippen molar-refractivity contribution in [3.63, 3.8) is 0 Å². The fourth-order valence-electron chi connectivity index (χ4n) is 2.86. The number of halogens is 1. The first-order chi connectivity index (χ1) is 13.2. The molecule has 2 aromatic carbocycles. The third-order valence-corrected chi connectivity index (χ3v) is 6.78. The summed E-state index contributed by atoms with van der Waals surface area (Å²) in [5.74, 6) is 0.0986. The fraction of sp³-hybridized carbons (Fsp3) is 0.350. The molecule has 2 rings (SSSR count). The van der Waals surface area contributed by atoms with Gasteiger partial charge in [-0.2, -0.15) is 4.31 Å². The maximum atomic E-state index is 12.6. The van der Waals surface area contributed by atoms with Crippen molar-refractivity contribution < 1.29 is 17.9 Å². The van der Waals surface area contributed by atoms with Crippen LogP contribution in [0.25, 0.3) is 0 Å². The molecule has 8 heteroatoms. The summed E-state index contributed by atoms with van der Waals surface area (Å²) >= 11 is 5.98. The number of hydrogen-bond acceptors (Lipinski definition) is 4. The Bertz CT molecular complexity index is 926. The van der Waals surface area contributed by atoms with Gasteiger partial charge in [-0.1, -0.05) is 37.6 Å². The topological polar surface area (TPSA) is 75.7 Å². The van der Waals surface area contributed by atoms with Crippen molar-refractivity contribution in [2.75, 3.05) is 20.2 Å². The van der Waals surface area contributed by atoms with E-state index in [2.05, 4.69) is 5.32 Å². The molecule has 1 unspecified atom stereocenters. The third kappa shape index (κ3) is 4.84. The van der Waals surface area contributed by atoms with Crippen LogP contribution < -0.4 is 10.1 Å². The highest BCUT2D eigenvalue weighted by Gasteiger charge is 2.22. The molecule has 28 heavy (non-hydrogen) atoms. The minimum atomic E-state index is -3.51. The predicted molar refractivity (Wildman–Crippen MR) is 110 cm³/mol. The van der Waals surface area contributed by atoms with E-state index in [4.69, 9.17) is 16.3 Å². The van der Waals surface area contributed by atoms with Gasteiger partial charge in [-0.05, 0) is 42.8 Å². The summed E-state index contributed by atoms with van der Waals surface area (Å²) < 4.78 is 31.8. The molecule has 0 fully saturated rings. The molecular formula is C20H25ClN2O4S. The van der Waals surface area contributed by atoms with E-state index in [1.54, 1.807) is 56.3 Å². The average molecular weight is 425 g/mol. The van der Waals surface area contributed by atoms with Crippen molar-refractivity contribution in [1.29, 1.82) is 0 Å². The van der Waals surface area contributed by atoms with Gasteiger partial charge in [-0.25, -0.2) is 8.42 Å². The standard InChI is InChI=1S/C20H25ClN2O4S/c1-5-23(6-2)28(25,26)17-10-7-15(8-11-17)14(3)22-20(24)18-13-16(21)9-12-19(18)27-4/h7-14H,5-6H2,1-4H3,(H,22,24). The fourth-order valence-corrected chi connectivity index (χ4v) is 4.49. The van der Waals surface area contributed by atoms with Gasteiger partial charge in [-0.3, -0.25) is 4.79 Å². The van der Waals surface area contributed by atoms with Crippen LogP contribution in [0.4, 0.5) is 0 Å². The highest BCUT2D eigenvalue weighted by molar-refractivity contribution is 7.89. The number of sulfonamides is 1. The number of ether oxygens (including phenoxy) is 1. The predicted octanol–water partition coefficient (Wildman–Crippen LogP) is 3.87. The Morgan fingerprint density at radius 3 is 2.29 bits per heavy atom. The molecule has 0 bridgehead atoms. The van der Waals surface area contributed by atoms with Gasteiger partial charge in [0.1, 0.15) is 5.75 Å². The monoisotopic (exact) mass is 424 g/mol. The molecule has 1 N–H and O–H groups in total. The van der Waals surface area contributed by atoms with Crippen LogP contribution in [-0.2, 0) is 10.0 Å². The van der Waals surface area contributed by atoms with Gasteiger partial charge in [0.2, 0.25) is 10.0 Å². The number of carbonyl (C=O) groups is 1. The molecule has 1 atom stereocenters. The second-order valence-corrected chi connectivity index (χ2v) is 8.57. The molecule has 0 aliphatic rings. The SMILES string of the molecule is CCN(CC)S(=O)(=O)c1ccc(C(C)NC(=O)c2cc(Cl)ccc2OC)cc1. The summed E-state index contributed by atoms with van der Waals surface area (Å²) in [5, 5.41) is 3.32. The summed E-state index contributed by atoms with van der Waals surface area (Å²) in [5.41, 5.74) is 1.12. The molecule has 0 spiro atoms. The van der Waals surface area contributed by atoms with Crippen LogP contribution in [0.5, 0.6) is 5.75 Å². The Balaban J connectivity index is 2.19. The first kappa shape index (κ1) is 22.2. The summed E-state index contributed by atoms with van der Waals surface area (Å²) in [6.45, 7) is 6.25. The summed E-state index contributed by atoms with van der Waals surface area (Å²) in [6, 6.07) is 11.0. The van der Waals surface area contributed by atoms with Gasteiger partial charge >= 0.3 is 0 Å². The van der Waals surface area contributed by atoms with Crippen molar-refractivity contribution in [3.8, 4) is 5.75 Å². The number of rotatable bonds is 8. The van der Waals surface area contributed by atoms with Crippen molar-refractivity contribution in [1.82, 2.24) is 9.62 Å². The Morgan fingerprint density at radius 2 is 1.75 bits per heavy atom. The van der Waals surface area contributed by atoms with Gasteiger partial charge < -0.3 is 10.1 Å². The molecule has 0 aromatic heterocycles. The van der Waals surface area contributed by atoms with Gasteiger partial charge in [0.05, 0.1) is 23.6 Å². The van der Waals surface area contributed by atoms with E-state index in [9.17, 15) is 13.2 Å². The molecule has 152 valence electrons. The highest BCUT2D eigenvalue weighted by atomic mass is 35.5. The van der Waals surface area contributed by atoms with E-state index in [1.807, 2.05) is 6.92 Å². The zero-order valence-electron chi connectivity index (χ0n) is 16.4. The quantitative estimate of drug-likeness (QED) is 0.697.